The van der Waals surface area contributed by atoms with Crippen molar-refractivity contribution in [2.45, 2.75) is 25.7 Å². The summed E-state index contributed by atoms with van der Waals surface area (Å²) >= 11 is 0. The number of carbonyl (C=O) groups excluding carboxylic acids is 1. The van der Waals surface area contributed by atoms with Crippen LogP contribution in [0.2, 0.25) is 0 Å². The molecule has 1 rings (SSSR count). The Morgan fingerprint density at radius 3 is 2.11 bits per heavy atom. The lowest BCUT2D eigenvalue weighted by atomic mass is 10.0. The molecular formula is C11H8F6O. The number of alkyl halides is 6. The summed E-state index contributed by atoms with van der Waals surface area (Å²) < 4.78 is 73.4. The van der Waals surface area contributed by atoms with Gasteiger partial charge in [-0.1, -0.05) is 12.1 Å². The van der Waals surface area contributed by atoms with E-state index in [1.165, 1.54) is 6.92 Å². The molecule has 0 aliphatic rings. The van der Waals surface area contributed by atoms with Crippen LogP contribution >= 0.6 is 0 Å². The topological polar surface area (TPSA) is 17.1 Å². The van der Waals surface area contributed by atoms with Crippen LogP contribution in [-0.4, -0.2) is 12.0 Å². The second-order valence-corrected chi connectivity index (χ2v) is 3.74. The Balaban J connectivity index is 3.04. The van der Waals surface area contributed by atoms with Gasteiger partial charge < -0.3 is 0 Å². The second kappa shape index (κ2) is 4.62. The highest BCUT2D eigenvalue weighted by molar-refractivity contribution is 5.86. The number of hydrogen-bond acceptors (Lipinski definition) is 1. The molecule has 0 fully saturated rings. The summed E-state index contributed by atoms with van der Waals surface area (Å²) in [6.45, 7) is 1.19. The fraction of sp³-hybridized carbons (Fsp3) is 0.364. The highest BCUT2D eigenvalue weighted by Crippen LogP contribution is 2.32. The molecule has 0 unspecified atom stereocenters. The molecule has 0 N–H and O–H groups in total. The molecule has 0 heterocycles. The minimum atomic E-state index is -5.04. The van der Waals surface area contributed by atoms with Gasteiger partial charge in [-0.05, 0) is 24.1 Å². The zero-order valence-corrected chi connectivity index (χ0v) is 9.12. The average molecular weight is 270 g/mol. The zero-order valence-electron chi connectivity index (χ0n) is 9.12. The highest BCUT2D eigenvalue weighted by Gasteiger charge is 2.38. The van der Waals surface area contributed by atoms with E-state index in [1.54, 1.807) is 0 Å². The molecule has 0 aliphatic heterocycles. The monoisotopic (exact) mass is 270 g/mol. The van der Waals surface area contributed by atoms with Gasteiger partial charge in [0.1, 0.15) is 0 Å². The summed E-state index contributed by atoms with van der Waals surface area (Å²) in [6, 6.07) is 2.69. The Morgan fingerprint density at radius 1 is 1.11 bits per heavy atom. The van der Waals surface area contributed by atoms with Gasteiger partial charge in [0.15, 0.2) is 0 Å². The zero-order chi connectivity index (χ0) is 14.1. The molecule has 7 heteroatoms. The van der Waals surface area contributed by atoms with Crippen molar-refractivity contribution < 1.29 is 31.1 Å². The van der Waals surface area contributed by atoms with Crippen molar-refractivity contribution in [1.29, 1.82) is 0 Å². The predicted octanol–water partition coefficient (Wildman–Crippen LogP) is 3.69. The molecule has 1 aromatic rings. The molecule has 100 valence electrons. The molecule has 0 saturated heterocycles. The van der Waals surface area contributed by atoms with Gasteiger partial charge in [0.25, 0.3) is 0 Å². The third-order valence-electron chi connectivity index (χ3n) is 2.29. The number of ketones is 1. The number of benzene rings is 1. The van der Waals surface area contributed by atoms with Crippen LogP contribution in [0.25, 0.3) is 0 Å². The van der Waals surface area contributed by atoms with Crippen LogP contribution in [0.5, 0.6) is 0 Å². The Hall–Kier alpha value is -1.53. The maximum atomic E-state index is 12.5. The van der Waals surface area contributed by atoms with Crippen LogP contribution in [0.1, 0.15) is 16.7 Å². The number of aryl methyl sites for hydroxylation is 1. The average Bonchev–Trinajstić information content (AvgIpc) is 2.17. The van der Waals surface area contributed by atoms with E-state index < -0.39 is 30.1 Å². The van der Waals surface area contributed by atoms with E-state index in [-0.39, 0.29) is 11.1 Å². The predicted molar refractivity (Wildman–Crippen MR) is 50.9 cm³/mol. The first-order chi connectivity index (χ1) is 8.01. The van der Waals surface area contributed by atoms with Crippen molar-refractivity contribution in [3.63, 3.8) is 0 Å². The molecule has 0 atom stereocenters. The molecule has 0 radical (unpaired) electrons. The van der Waals surface area contributed by atoms with Crippen molar-refractivity contribution in [2.24, 2.45) is 0 Å². The number of hydrogen-bond donors (Lipinski definition) is 0. The third-order valence-corrected chi connectivity index (χ3v) is 2.29. The standard InChI is InChI=1S/C11H8F6O/c1-6-2-3-7(4-8(6)10(12,13)14)5-9(18)11(15,16)17/h2-4H,5H2,1H3. The van der Waals surface area contributed by atoms with E-state index >= 15 is 0 Å². The quantitative estimate of drug-likeness (QED) is 0.749. The molecule has 0 aromatic heterocycles. The minimum Gasteiger partial charge on any atom is -0.289 e. The molecule has 0 aliphatic carbocycles. The normalized spacial score (nSPS) is 12.6. The van der Waals surface area contributed by atoms with Gasteiger partial charge in [0.2, 0.25) is 5.78 Å². The Labute approximate surface area is 98.4 Å². The summed E-state index contributed by atoms with van der Waals surface area (Å²) in [6.07, 6.45) is -10.8. The Morgan fingerprint density at radius 2 is 1.67 bits per heavy atom. The van der Waals surface area contributed by atoms with Gasteiger partial charge >= 0.3 is 12.4 Å². The third kappa shape index (κ3) is 3.48. The fourth-order valence-corrected chi connectivity index (χ4v) is 1.37. The summed E-state index contributed by atoms with van der Waals surface area (Å²) in [7, 11) is 0. The molecular weight excluding hydrogens is 262 g/mol. The van der Waals surface area contributed by atoms with E-state index in [1.807, 2.05) is 0 Å². The summed E-state index contributed by atoms with van der Waals surface area (Å²) in [5.74, 6) is -2.07. The molecule has 1 aromatic carbocycles. The van der Waals surface area contributed by atoms with Crippen LogP contribution in [0.4, 0.5) is 26.3 Å². The van der Waals surface area contributed by atoms with Crippen LogP contribution in [0.15, 0.2) is 18.2 Å². The van der Waals surface area contributed by atoms with Crippen molar-refractivity contribution in [3.8, 4) is 0 Å². The van der Waals surface area contributed by atoms with Gasteiger partial charge in [0, 0.05) is 6.42 Å². The largest absolute Gasteiger partial charge is 0.450 e. The van der Waals surface area contributed by atoms with Crippen molar-refractivity contribution in [1.82, 2.24) is 0 Å². The van der Waals surface area contributed by atoms with E-state index in [0.29, 0.717) is 6.07 Å². The van der Waals surface area contributed by atoms with E-state index in [9.17, 15) is 31.1 Å². The summed E-state index contributed by atoms with van der Waals surface area (Å²) in [4.78, 5) is 10.7. The molecule has 18 heavy (non-hydrogen) atoms. The van der Waals surface area contributed by atoms with Crippen LogP contribution in [0, 0.1) is 6.92 Å². The molecule has 0 bridgehead atoms. The molecule has 1 nitrogen and oxygen atoms in total. The van der Waals surface area contributed by atoms with E-state index in [4.69, 9.17) is 0 Å². The van der Waals surface area contributed by atoms with E-state index in [0.717, 1.165) is 12.1 Å². The second-order valence-electron chi connectivity index (χ2n) is 3.74. The molecule has 0 amide bonds. The Bertz CT molecular complexity index is 458. The highest BCUT2D eigenvalue weighted by atomic mass is 19.4. The lowest BCUT2D eigenvalue weighted by Gasteiger charge is -2.12. The molecule has 0 saturated carbocycles. The van der Waals surface area contributed by atoms with Gasteiger partial charge in [-0.15, -0.1) is 0 Å². The van der Waals surface area contributed by atoms with Gasteiger partial charge in [-0.3, -0.25) is 4.79 Å². The van der Waals surface area contributed by atoms with Crippen LogP contribution < -0.4 is 0 Å². The molecule has 0 spiro atoms. The number of Topliss-reactive ketones (excluding diaryl/α,β-unsaturated/α-hetero) is 1. The lowest BCUT2D eigenvalue weighted by Crippen LogP contribution is -2.24. The Kier molecular flexibility index (Phi) is 3.73. The number of halogens is 6. The van der Waals surface area contributed by atoms with Gasteiger partial charge in [0.05, 0.1) is 5.56 Å². The SMILES string of the molecule is Cc1ccc(CC(=O)C(F)(F)F)cc1C(F)(F)F. The van der Waals surface area contributed by atoms with Crippen LogP contribution in [-0.2, 0) is 17.4 Å². The first-order valence-corrected chi connectivity index (χ1v) is 4.78. The van der Waals surface area contributed by atoms with Gasteiger partial charge in [-0.25, -0.2) is 0 Å². The van der Waals surface area contributed by atoms with Crippen LogP contribution in [0.3, 0.4) is 0 Å². The lowest BCUT2D eigenvalue weighted by molar-refractivity contribution is -0.170. The smallest absolute Gasteiger partial charge is 0.289 e. The van der Waals surface area contributed by atoms with Crippen molar-refractivity contribution in [3.05, 3.63) is 34.9 Å². The maximum absolute atomic E-state index is 12.5. The first kappa shape index (κ1) is 14.5. The van der Waals surface area contributed by atoms with E-state index in [2.05, 4.69) is 0 Å². The summed E-state index contributed by atoms with van der Waals surface area (Å²) in [5, 5.41) is 0. The fourth-order valence-electron chi connectivity index (χ4n) is 1.37. The van der Waals surface area contributed by atoms with Gasteiger partial charge in [-0.2, -0.15) is 26.3 Å². The minimum absolute atomic E-state index is 0.106. The number of rotatable bonds is 2. The maximum Gasteiger partial charge on any atom is 0.450 e. The summed E-state index contributed by atoms with van der Waals surface area (Å²) in [5.41, 5.74) is -1.45. The van der Waals surface area contributed by atoms with Crippen molar-refractivity contribution in [2.75, 3.05) is 0 Å². The van der Waals surface area contributed by atoms with Crippen molar-refractivity contribution >= 4 is 5.78 Å². The first-order valence-electron chi connectivity index (χ1n) is 4.78. The number of carbonyl (C=O) groups is 1.